The van der Waals surface area contributed by atoms with Crippen molar-refractivity contribution in [2.45, 2.75) is 64.3 Å². The maximum atomic E-state index is 10.00. The fourth-order valence-electron chi connectivity index (χ4n) is 3.37. The second kappa shape index (κ2) is 4.67. The first-order valence-corrected chi connectivity index (χ1v) is 7.17. The van der Waals surface area contributed by atoms with Gasteiger partial charge >= 0.3 is 0 Å². The van der Waals surface area contributed by atoms with Crippen molar-refractivity contribution in [3.8, 4) is 0 Å². The Hall–Kier alpha value is -0.870. The van der Waals surface area contributed by atoms with E-state index >= 15 is 0 Å². The number of imidazole rings is 1. The molecule has 2 aliphatic heterocycles. The Morgan fingerprint density at radius 1 is 1.28 bits per heavy atom. The van der Waals surface area contributed by atoms with E-state index in [-0.39, 0.29) is 6.10 Å². The Bertz CT molecular complexity index is 427. The smallest absolute Gasteiger partial charge is 0.138 e. The molecule has 0 radical (unpaired) electrons. The van der Waals surface area contributed by atoms with Gasteiger partial charge in [-0.2, -0.15) is 0 Å². The largest absolute Gasteiger partial charge is 0.385 e. The lowest BCUT2D eigenvalue weighted by Gasteiger charge is -2.26. The Balaban J connectivity index is 1.88. The summed E-state index contributed by atoms with van der Waals surface area (Å²) < 4.78 is 2.15. The van der Waals surface area contributed by atoms with E-state index in [0.717, 1.165) is 30.9 Å². The summed E-state index contributed by atoms with van der Waals surface area (Å²) >= 11 is 0. The quantitative estimate of drug-likeness (QED) is 0.874. The summed E-state index contributed by atoms with van der Waals surface area (Å²) in [5.74, 6) is 0.881. The van der Waals surface area contributed by atoms with E-state index in [9.17, 15) is 5.11 Å². The van der Waals surface area contributed by atoms with Crippen LogP contribution in [0.1, 0.15) is 63.2 Å². The molecule has 18 heavy (non-hydrogen) atoms. The molecule has 0 aromatic carbocycles. The molecule has 1 saturated heterocycles. The van der Waals surface area contributed by atoms with Gasteiger partial charge in [0, 0.05) is 18.8 Å². The van der Waals surface area contributed by atoms with Crippen molar-refractivity contribution in [2.24, 2.45) is 0 Å². The van der Waals surface area contributed by atoms with E-state index in [4.69, 9.17) is 4.98 Å². The summed E-state index contributed by atoms with van der Waals surface area (Å²) in [6, 6.07) is 1.02. The molecule has 4 heteroatoms. The van der Waals surface area contributed by atoms with Crippen molar-refractivity contribution >= 4 is 0 Å². The zero-order valence-corrected chi connectivity index (χ0v) is 11.3. The van der Waals surface area contributed by atoms with Crippen LogP contribution in [-0.2, 0) is 6.54 Å². The average molecular weight is 249 g/mol. The molecule has 2 atom stereocenters. The molecule has 1 aromatic rings. The normalized spacial score (nSPS) is 28.9. The lowest BCUT2D eigenvalue weighted by Crippen LogP contribution is -2.30. The number of hydrogen-bond donors (Lipinski definition) is 1. The highest BCUT2D eigenvalue weighted by Crippen LogP contribution is 2.34. The summed E-state index contributed by atoms with van der Waals surface area (Å²) in [6.45, 7) is 6.69. The molecule has 0 bridgehead atoms. The lowest BCUT2D eigenvalue weighted by molar-refractivity contribution is 0.133. The van der Waals surface area contributed by atoms with Crippen LogP contribution in [0.5, 0.6) is 0 Å². The maximum Gasteiger partial charge on any atom is 0.138 e. The van der Waals surface area contributed by atoms with Crippen molar-refractivity contribution in [1.82, 2.24) is 14.5 Å². The van der Waals surface area contributed by atoms with Crippen LogP contribution < -0.4 is 0 Å². The molecule has 0 spiro atoms. The van der Waals surface area contributed by atoms with Crippen LogP contribution in [0.4, 0.5) is 0 Å². The van der Waals surface area contributed by atoms with Gasteiger partial charge in [-0.25, -0.2) is 4.98 Å². The summed E-state index contributed by atoms with van der Waals surface area (Å²) in [6.07, 6.45) is 6.18. The highest BCUT2D eigenvalue weighted by molar-refractivity contribution is 5.14. The van der Waals surface area contributed by atoms with Crippen molar-refractivity contribution in [3.63, 3.8) is 0 Å². The number of nitrogens with zero attached hydrogens (tertiary/aromatic N) is 3. The lowest BCUT2D eigenvalue weighted by atomic mass is 10.1. The molecule has 2 aliphatic rings. The molecule has 2 unspecified atom stereocenters. The summed E-state index contributed by atoms with van der Waals surface area (Å²) in [4.78, 5) is 7.25. The predicted molar refractivity (Wildman–Crippen MR) is 70.2 cm³/mol. The van der Waals surface area contributed by atoms with Crippen LogP contribution >= 0.6 is 0 Å². The topological polar surface area (TPSA) is 41.3 Å². The van der Waals surface area contributed by atoms with Gasteiger partial charge in [0.25, 0.3) is 0 Å². The minimum absolute atomic E-state index is 0.360. The van der Waals surface area contributed by atoms with E-state index < -0.39 is 0 Å². The zero-order chi connectivity index (χ0) is 12.7. The van der Waals surface area contributed by atoms with Crippen LogP contribution in [0.25, 0.3) is 0 Å². The summed E-state index contributed by atoms with van der Waals surface area (Å²) in [7, 11) is 0. The molecule has 3 rings (SSSR count). The van der Waals surface area contributed by atoms with E-state index in [0.29, 0.717) is 12.1 Å². The van der Waals surface area contributed by atoms with E-state index in [1.54, 1.807) is 0 Å². The maximum absolute atomic E-state index is 10.00. The molecule has 1 aromatic heterocycles. The van der Waals surface area contributed by atoms with Gasteiger partial charge in [0.1, 0.15) is 11.9 Å². The average Bonchev–Trinajstić information content (AvgIpc) is 2.95. The Morgan fingerprint density at radius 3 is 2.78 bits per heavy atom. The van der Waals surface area contributed by atoms with Crippen LogP contribution in [-0.4, -0.2) is 32.1 Å². The van der Waals surface area contributed by atoms with Gasteiger partial charge < -0.3 is 9.67 Å². The highest BCUT2D eigenvalue weighted by Gasteiger charge is 2.31. The first kappa shape index (κ1) is 12.2. The Labute approximate surface area is 109 Å². The molecule has 4 nitrogen and oxygen atoms in total. The van der Waals surface area contributed by atoms with Crippen molar-refractivity contribution in [1.29, 1.82) is 0 Å². The minimum Gasteiger partial charge on any atom is -0.385 e. The fourth-order valence-corrected chi connectivity index (χ4v) is 3.37. The third-order valence-electron chi connectivity index (χ3n) is 4.30. The van der Waals surface area contributed by atoms with Crippen LogP contribution in [0.15, 0.2) is 6.20 Å². The highest BCUT2D eigenvalue weighted by atomic mass is 16.3. The minimum atomic E-state index is -0.360. The number of aliphatic hydroxyl groups is 1. The third kappa shape index (κ3) is 1.97. The molecule has 1 N–H and O–H groups in total. The first-order valence-electron chi connectivity index (χ1n) is 7.17. The Kier molecular flexibility index (Phi) is 3.16. The fraction of sp³-hybridized carbons (Fsp3) is 0.786. The van der Waals surface area contributed by atoms with Gasteiger partial charge in [0.15, 0.2) is 0 Å². The van der Waals surface area contributed by atoms with Crippen molar-refractivity contribution in [3.05, 3.63) is 17.7 Å². The molecule has 0 aliphatic carbocycles. The van der Waals surface area contributed by atoms with Crippen LogP contribution in [0.3, 0.4) is 0 Å². The van der Waals surface area contributed by atoms with Gasteiger partial charge in [0.2, 0.25) is 0 Å². The monoisotopic (exact) mass is 249 g/mol. The first-order chi connectivity index (χ1) is 8.66. The Morgan fingerprint density at radius 2 is 2.06 bits per heavy atom. The molecular weight excluding hydrogens is 226 g/mol. The predicted octanol–water partition coefficient (Wildman–Crippen LogP) is 2.26. The molecule has 0 saturated carbocycles. The number of aryl methyl sites for hydroxylation is 1. The van der Waals surface area contributed by atoms with Gasteiger partial charge in [-0.15, -0.1) is 0 Å². The van der Waals surface area contributed by atoms with Gasteiger partial charge in [-0.1, -0.05) is 0 Å². The number of fused-ring (bicyclic) bond motifs is 1. The van der Waals surface area contributed by atoms with E-state index in [1.807, 2.05) is 0 Å². The number of aliphatic hydroxyl groups excluding tert-OH is 1. The SMILES string of the molecule is CC(C)N1CCCC1c1cn2c(n1)C(O)CCC2. The standard InChI is InChI=1S/C14H23N3O/c1-10(2)17-8-3-5-12(17)11-9-16-7-4-6-13(18)14(16)15-11/h9-10,12-13,18H,3-8H2,1-2H3. The molecule has 0 amide bonds. The van der Waals surface area contributed by atoms with Crippen LogP contribution in [0, 0.1) is 0 Å². The number of likely N-dealkylation sites (tertiary alicyclic amines) is 1. The van der Waals surface area contributed by atoms with Gasteiger partial charge in [-0.3, -0.25) is 4.90 Å². The summed E-state index contributed by atoms with van der Waals surface area (Å²) in [5.41, 5.74) is 1.16. The molecule has 100 valence electrons. The van der Waals surface area contributed by atoms with Crippen molar-refractivity contribution < 1.29 is 5.11 Å². The molecule has 3 heterocycles. The third-order valence-corrected chi connectivity index (χ3v) is 4.30. The number of hydrogen-bond acceptors (Lipinski definition) is 3. The number of aromatic nitrogens is 2. The van der Waals surface area contributed by atoms with Crippen molar-refractivity contribution in [2.75, 3.05) is 6.54 Å². The molecular formula is C14H23N3O. The van der Waals surface area contributed by atoms with Crippen LogP contribution in [0.2, 0.25) is 0 Å². The summed E-state index contributed by atoms with van der Waals surface area (Å²) in [5, 5.41) is 10.00. The van der Waals surface area contributed by atoms with E-state index in [2.05, 4.69) is 29.5 Å². The van der Waals surface area contributed by atoms with Gasteiger partial charge in [-0.05, 0) is 46.1 Å². The second-order valence-corrected chi connectivity index (χ2v) is 5.86. The zero-order valence-electron chi connectivity index (χ0n) is 11.3. The number of rotatable bonds is 2. The molecule has 1 fully saturated rings. The van der Waals surface area contributed by atoms with E-state index in [1.165, 1.54) is 19.4 Å². The van der Waals surface area contributed by atoms with Gasteiger partial charge in [0.05, 0.1) is 11.7 Å². The second-order valence-electron chi connectivity index (χ2n) is 5.86.